The van der Waals surface area contributed by atoms with Gasteiger partial charge in [-0.25, -0.2) is 0 Å². The number of hydrogen-bond acceptors (Lipinski definition) is 3. The van der Waals surface area contributed by atoms with Crippen LogP contribution in [-0.4, -0.2) is 28.8 Å². The SMILES string of the molecule is O=C(O)C(CC(=O)C(F)(F)F)C(=O)c1ccccc1. The molecule has 0 spiro atoms. The number of ketones is 2. The fraction of sp³-hybridized carbons (Fsp3) is 0.250. The average molecular weight is 274 g/mol. The number of Topliss-reactive ketones (excluding diaryl/α,β-unsaturated/α-hetero) is 2. The van der Waals surface area contributed by atoms with E-state index in [4.69, 9.17) is 5.11 Å². The standard InChI is InChI=1S/C12H9F3O4/c13-12(14,15)9(16)6-8(11(18)19)10(17)7-4-2-1-3-5-7/h1-5,8H,6H2,(H,18,19). The maximum absolute atomic E-state index is 12.1. The Morgan fingerprint density at radius 2 is 1.63 bits per heavy atom. The van der Waals surface area contributed by atoms with Crippen molar-refractivity contribution in [1.29, 1.82) is 0 Å². The number of rotatable bonds is 5. The molecule has 0 amide bonds. The van der Waals surface area contributed by atoms with E-state index in [1.54, 1.807) is 6.07 Å². The predicted molar refractivity (Wildman–Crippen MR) is 57.6 cm³/mol. The van der Waals surface area contributed by atoms with Crippen LogP contribution in [0.25, 0.3) is 0 Å². The molecule has 1 rings (SSSR count). The molecular formula is C12H9F3O4. The minimum Gasteiger partial charge on any atom is -0.481 e. The lowest BCUT2D eigenvalue weighted by Gasteiger charge is -2.12. The number of carbonyl (C=O) groups excluding carboxylic acids is 2. The van der Waals surface area contributed by atoms with Gasteiger partial charge in [0.2, 0.25) is 5.78 Å². The first kappa shape index (κ1) is 14.9. The van der Waals surface area contributed by atoms with Crippen molar-refractivity contribution in [1.82, 2.24) is 0 Å². The van der Waals surface area contributed by atoms with Crippen molar-refractivity contribution in [2.75, 3.05) is 0 Å². The smallest absolute Gasteiger partial charge is 0.450 e. The van der Waals surface area contributed by atoms with E-state index >= 15 is 0 Å². The molecule has 4 nitrogen and oxygen atoms in total. The molecule has 0 radical (unpaired) electrons. The van der Waals surface area contributed by atoms with Crippen molar-refractivity contribution in [2.45, 2.75) is 12.6 Å². The van der Waals surface area contributed by atoms with E-state index in [0.29, 0.717) is 0 Å². The Balaban J connectivity index is 2.94. The summed E-state index contributed by atoms with van der Waals surface area (Å²) in [5.74, 6) is -7.04. The molecule has 1 atom stereocenters. The molecule has 19 heavy (non-hydrogen) atoms. The molecule has 0 aliphatic carbocycles. The average Bonchev–Trinajstić information content (AvgIpc) is 2.34. The third-order valence-electron chi connectivity index (χ3n) is 2.38. The number of hydrogen-bond donors (Lipinski definition) is 1. The summed E-state index contributed by atoms with van der Waals surface area (Å²) >= 11 is 0. The summed E-state index contributed by atoms with van der Waals surface area (Å²) in [5, 5.41) is 8.78. The van der Waals surface area contributed by atoms with E-state index in [1.807, 2.05) is 0 Å². The van der Waals surface area contributed by atoms with Crippen molar-refractivity contribution in [3.8, 4) is 0 Å². The monoisotopic (exact) mass is 274 g/mol. The van der Waals surface area contributed by atoms with Crippen LogP contribution < -0.4 is 0 Å². The zero-order chi connectivity index (χ0) is 14.6. The third kappa shape index (κ3) is 3.90. The second kappa shape index (κ2) is 5.64. The molecule has 0 heterocycles. The summed E-state index contributed by atoms with van der Waals surface area (Å²) < 4.78 is 36.3. The minimum atomic E-state index is -5.15. The Morgan fingerprint density at radius 3 is 2.05 bits per heavy atom. The highest BCUT2D eigenvalue weighted by Gasteiger charge is 2.42. The van der Waals surface area contributed by atoms with Crippen molar-refractivity contribution < 1.29 is 32.7 Å². The second-order valence-electron chi connectivity index (χ2n) is 3.75. The van der Waals surface area contributed by atoms with Gasteiger partial charge in [0.1, 0.15) is 5.92 Å². The summed E-state index contributed by atoms with van der Waals surface area (Å²) in [6.45, 7) is 0. The van der Waals surface area contributed by atoms with Gasteiger partial charge in [0.05, 0.1) is 0 Å². The van der Waals surface area contributed by atoms with Gasteiger partial charge in [-0.2, -0.15) is 13.2 Å². The normalized spacial score (nSPS) is 12.8. The molecule has 0 aliphatic heterocycles. The number of aliphatic carboxylic acids is 1. The molecule has 1 N–H and O–H groups in total. The minimum absolute atomic E-state index is 0.0510. The molecule has 102 valence electrons. The van der Waals surface area contributed by atoms with Crippen LogP contribution in [0.1, 0.15) is 16.8 Å². The van der Waals surface area contributed by atoms with Crippen LogP contribution in [0.3, 0.4) is 0 Å². The Bertz CT molecular complexity index is 493. The molecule has 0 fully saturated rings. The van der Waals surface area contributed by atoms with Crippen molar-refractivity contribution in [3.05, 3.63) is 35.9 Å². The van der Waals surface area contributed by atoms with Crippen LogP contribution in [-0.2, 0) is 9.59 Å². The maximum atomic E-state index is 12.1. The van der Waals surface area contributed by atoms with Gasteiger partial charge in [0.25, 0.3) is 0 Å². The predicted octanol–water partition coefficient (Wildman–Crippen LogP) is 2.09. The number of carbonyl (C=O) groups is 3. The fourth-order valence-electron chi connectivity index (χ4n) is 1.40. The first-order valence-corrected chi connectivity index (χ1v) is 5.15. The Hall–Kier alpha value is -2.18. The van der Waals surface area contributed by atoms with Gasteiger partial charge in [-0.05, 0) is 0 Å². The zero-order valence-corrected chi connectivity index (χ0v) is 9.48. The molecule has 0 saturated carbocycles. The van der Waals surface area contributed by atoms with Gasteiger partial charge in [0.15, 0.2) is 5.78 Å². The molecule has 1 aromatic carbocycles. The van der Waals surface area contributed by atoms with Crippen molar-refractivity contribution in [2.24, 2.45) is 5.92 Å². The first-order chi connectivity index (χ1) is 8.73. The number of carboxylic acids is 1. The third-order valence-corrected chi connectivity index (χ3v) is 2.38. The Kier molecular flexibility index (Phi) is 4.42. The summed E-state index contributed by atoms with van der Waals surface area (Å²) in [6, 6.07) is 7.00. The lowest BCUT2D eigenvalue weighted by atomic mass is 9.93. The van der Waals surface area contributed by atoms with Gasteiger partial charge in [-0.3, -0.25) is 14.4 Å². The Morgan fingerprint density at radius 1 is 1.11 bits per heavy atom. The van der Waals surface area contributed by atoms with Crippen LogP contribution in [0.15, 0.2) is 30.3 Å². The van der Waals surface area contributed by atoms with Crippen LogP contribution in [0, 0.1) is 5.92 Å². The largest absolute Gasteiger partial charge is 0.481 e. The molecule has 1 aromatic rings. The van der Waals surface area contributed by atoms with E-state index in [-0.39, 0.29) is 5.56 Å². The first-order valence-electron chi connectivity index (χ1n) is 5.15. The van der Waals surface area contributed by atoms with Gasteiger partial charge in [-0.1, -0.05) is 30.3 Å². The van der Waals surface area contributed by atoms with Gasteiger partial charge in [0, 0.05) is 12.0 Å². The molecule has 7 heteroatoms. The summed E-state index contributed by atoms with van der Waals surface area (Å²) in [6.07, 6.45) is -6.54. The highest BCUT2D eigenvalue weighted by molar-refractivity contribution is 6.10. The molecule has 1 unspecified atom stereocenters. The summed E-state index contributed by atoms with van der Waals surface area (Å²) in [4.78, 5) is 33.4. The number of alkyl halides is 3. The topological polar surface area (TPSA) is 71.4 Å². The van der Waals surface area contributed by atoms with Crippen molar-refractivity contribution >= 4 is 17.5 Å². The maximum Gasteiger partial charge on any atom is 0.450 e. The van der Waals surface area contributed by atoms with E-state index < -0.39 is 36.1 Å². The van der Waals surface area contributed by atoms with Crippen LogP contribution in [0.2, 0.25) is 0 Å². The summed E-state index contributed by atoms with van der Waals surface area (Å²) in [7, 11) is 0. The lowest BCUT2D eigenvalue weighted by Crippen LogP contribution is -2.32. The number of carboxylic acid groups (broad SMARTS) is 1. The quantitative estimate of drug-likeness (QED) is 0.659. The number of halogens is 3. The molecule has 0 saturated heterocycles. The van der Waals surface area contributed by atoms with E-state index in [9.17, 15) is 27.6 Å². The van der Waals surface area contributed by atoms with Gasteiger partial charge >= 0.3 is 12.1 Å². The lowest BCUT2D eigenvalue weighted by molar-refractivity contribution is -0.172. The molecule has 0 aliphatic rings. The second-order valence-corrected chi connectivity index (χ2v) is 3.75. The highest BCUT2D eigenvalue weighted by Crippen LogP contribution is 2.22. The van der Waals surface area contributed by atoms with Gasteiger partial charge in [-0.15, -0.1) is 0 Å². The molecule has 0 aromatic heterocycles. The van der Waals surface area contributed by atoms with Crippen LogP contribution >= 0.6 is 0 Å². The molecule has 0 bridgehead atoms. The van der Waals surface area contributed by atoms with Crippen LogP contribution in [0.4, 0.5) is 13.2 Å². The van der Waals surface area contributed by atoms with E-state index in [1.165, 1.54) is 24.3 Å². The summed E-state index contributed by atoms with van der Waals surface area (Å²) in [5.41, 5.74) is -0.0510. The Labute approximate surface area is 105 Å². The highest BCUT2D eigenvalue weighted by atomic mass is 19.4. The van der Waals surface area contributed by atoms with Gasteiger partial charge < -0.3 is 5.11 Å². The van der Waals surface area contributed by atoms with E-state index in [0.717, 1.165) is 0 Å². The van der Waals surface area contributed by atoms with Crippen LogP contribution in [0.5, 0.6) is 0 Å². The molecular weight excluding hydrogens is 265 g/mol. The zero-order valence-electron chi connectivity index (χ0n) is 9.48. The van der Waals surface area contributed by atoms with E-state index in [2.05, 4.69) is 0 Å². The van der Waals surface area contributed by atoms with Crippen molar-refractivity contribution in [3.63, 3.8) is 0 Å². The number of benzene rings is 1. The fourth-order valence-corrected chi connectivity index (χ4v) is 1.40.